The molecule has 2 saturated carbocycles. The van der Waals surface area contributed by atoms with Crippen molar-refractivity contribution in [3.63, 3.8) is 0 Å². The summed E-state index contributed by atoms with van der Waals surface area (Å²) in [4.78, 5) is 91.1. The number of benzene rings is 6. The maximum absolute atomic E-state index is 13.2. The maximum atomic E-state index is 13.2. The molecule has 14 nitrogen and oxygen atoms in total. The molecule has 0 radical (unpaired) electrons. The van der Waals surface area contributed by atoms with Crippen LogP contribution >= 0.6 is 0 Å². The van der Waals surface area contributed by atoms with Crippen LogP contribution in [-0.2, 0) is 58.4 Å². The highest BCUT2D eigenvalue weighted by Crippen LogP contribution is 2.37. The van der Waals surface area contributed by atoms with Crippen LogP contribution in [0.15, 0.2) is 133 Å². The Hall–Kier alpha value is -8.39. The smallest absolute Gasteiger partial charge is 0.255 e. The molecule has 0 unspecified atom stereocenters. The SMILES string of the molecule is O=C1CCC[C@H](N2Cc3c(OCc4ccc(CN5CCOc6ccccc65)cc4)cccc3C2=O)C(=O)C1.O=Cc1ccc(COc2cccc3c2CN([C@H]2CCCC(=O)CC2=O)C3=O)cc1.c1ccc2c(c1)CCCO2. The Bertz CT molecular complexity index is 3160. The fourth-order valence-electron chi connectivity index (χ4n) is 10.9. The lowest BCUT2D eigenvalue weighted by atomic mass is 10.1. The predicted molar refractivity (Wildman–Crippen MR) is 287 cm³/mol. The second-order valence-corrected chi connectivity index (χ2v) is 20.2. The molecule has 0 bridgehead atoms. The number of fused-ring (bicyclic) bond motifs is 4. The summed E-state index contributed by atoms with van der Waals surface area (Å²) in [6, 6.07) is 41.6. The van der Waals surface area contributed by atoms with Gasteiger partial charge in [0.1, 0.15) is 60.7 Å². The van der Waals surface area contributed by atoms with Gasteiger partial charge in [0.2, 0.25) is 0 Å². The number of Topliss-reactive ketones (excluding diaryl/α,β-unsaturated/α-hetero) is 4. The Morgan fingerprint density at radius 2 is 1.04 bits per heavy atom. The molecule has 14 heteroatoms. The van der Waals surface area contributed by atoms with E-state index in [1.54, 1.807) is 40.1 Å². The first-order valence-electron chi connectivity index (χ1n) is 26.6. The molecule has 2 aliphatic carbocycles. The number of hydrogen-bond acceptors (Lipinski definition) is 12. The van der Waals surface area contributed by atoms with Crippen molar-refractivity contribution in [2.75, 3.05) is 24.7 Å². The van der Waals surface area contributed by atoms with Crippen molar-refractivity contribution in [2.24, 2.45) is 0 Å². The molecule has 0 aromatic heterocycles. The molecule has 2 atom stereocenters. The molecule has 0 saturated heterocycles. The third kappa shape index (κ3) is 12.2. The van der Waals surface area contributed by atoms with Crippen molar-refractivity contribution in [1.82, 2.24) is 9.80 Å². The average molecular weight is 1040 g/mol. The van der Waals surface area contributed by atoms with Crippen LogP contribution in [0.25, 0.3) is 0 Å². The number of nitrogens with zero attached hydrogens (tertiary/aromatic N) is 3. The number of ether oxygens (including phenoxy) is 4. The fourth-order valence-corrected chi connectivity index (χ4v) is 10.9. The van der Waals surface area contributed by atoms with E-state index >= 15 is 0 Å². The first-order valence-corrected chi connectivity index (χ1v) is 26.6. The summed E-state index contributed by atoms with van der Waals surface area (Å²) < 4.78 is 23.3. The van der Waals surface area contributed by atoms with Crippen LogP contribution in [0.3, 0.4) is 0 Å². The minimum absolute atomic E-state index is 0.0357. The van der Waals surface area contributed by atoms with E-state index in [4.69, 9.17) is 18.9 Å². The van der Waals surface area contributed by atoms with Crippen LogP contribution in [-0.4, -0.2) is 82.9 Å². The zero-order valence-corrected chi connectivity index (χ0v) is 43.0. The lowest BCUT2D eigenvalue weighted by Crippen LogP contribution is -2.41. The Kier molecular flexibility index (Phi) is 16.3. The van der Waals surface area contributed by atoms with Crippen LogP contribution in [0.4, 0.5) is 5.69 Å². The minimum atomic E-state index is -0.551. The minimum Gasteiger partial charge on any atom is -0.493 e. The summed E-state index contributed by atoms with van der Waals surface area (Å²) in [5, 5.41) is 0. The Labute approximate surface area is 447 Å². The third-order valence-corrected chi connectivity index (χ3v) is 15.0. The number of carbonyl (C=O) groups excluding carboxylic acids is 7. The topological polar surface area (TPSA) is 166 Å². The van der Waals surface area contributed by atoms with E-state index in [9.17, 15) is 33.6 Å². The lowest BCUT2D eigenvalue weighted by Gasteiger charge is -2.31. The summed E-state index contributed by atoms with van der Waals surface area (Å²) in [6.07, 6.45) is 6.06. The third-order valence-electron chi connectivity index (χ3n) is 15.0. The largest absolute Gasteiger partial charge is 0.493 e. The van der Waals surface area contributed by atoms with E-state index < -0.39 is 12.1 Å². The Morgan fingerprint density at radius 3 is 1.61 bits per heavy atom. The summed E-state index contributed by atoms with van der Waals surface area (Å²) >= 11 is 0. The highest BCUT2D eigenvalue weighted by molar-refractivity contribution is 6.07. The Balaban J connectivity index is 0.000000151. The van der Waals surface area contributed by atoms with Crippen molar-refractivity contribution >= 4 is 46.9 Å². The van der Waals surface area contributed by atoms with Gasteiger partial charge in [-0.25, -0.2) is 0 Å². The molecule has 6 aromatic carbocycles. The first-order chi connectivity index (χ1) is 37.6. The molecule has 0 N–H and O–H groups in total. The van der Waals surface area contributed by atoms with E-state index in [-0.39, 0.29) is 47.8 Å². The number of amides is 2. The number of aryl methyl sites for hydroxylation is 1. The molecule has 6 aromatic rings. The van der Waals surface area contributed by atoms with Crippen molar-refractivity contribution in [3.05, 3.63) is 184 Å². The molecule has 0 spiro atoms. The molecule has 6 aliphatic rings. The number of ketones is 4. The highest BCUT2D eigenvalue weighted by atomic mass is 16.5. The molecule has 12 rings (SSSR count). The van der Waals surface area contributed by atoms with Gasteiger partial charge in [-0.3, -0.25) is 33.6 Å². The summed E-state index contributed by atoms with van der Waals surface area (Å²) in [7, 11) is 0. The number of para-hydroxylation sites is 3. The number of carbonyl (C=O) groups is 7. The van der Waals surface area contributed by atoms with Crippen LogP contribution in [0.1, 0.15) is 122 Å². The van der Waals surface area contributed by atoms with Gasteiger partial charge in [-0.15, -0.1) is 0 Å². The zero-order chi connectivity index (χ0) is 53.3. The summed E-state index contributed by atoms with van der Waals surface area (Å²) in [6.45, 7) is 4.53. The summed E-state index contributed by atoms with van der Waals surface area (Å²) in [5.74, 6) is 2.50. The van der Waals surface area contributed by atoms with Gasteiger partial charge in [0.15, 0.2) is 11.6 Å². The van der Waals surface area contributed by atoms with E-state index in [0.29, 0.717) is 99.6 Å². The number of aldehydes is 1. The summed E-state index contributed by atoms with van der Waals surface area (Å²) in [5.41, 5.74) is 8.92. The van der Waals surface area contributed by atoms with Crippen LogP contribution in [0.5, 0.6) is 23.0 Å². The number of anilines is 1. The zero-order valence-electron chi connectivity index (χ0n) is 43.0. The van der Waals surface area contributed by atoms with Gasteiger partial charge >= 0.3 is 0 Å². The monoisotopic (exact) mass is 1040 g/mol. The van der Waals surface area contributed by atoms with Gasteiger partial charge in [0, 0.05) is 47.2 Å². The fraction of sp³-hybridized carbons (Fsp3) is 0.317. The van der Waals surface area contributed by atoms with E-state index in [1.165, 1.54) is 17.5 Å². The number of rotatable bonds is 11. The van der Waals surface area contributed by atoms with E-state index in [1.807, 2.05) is 60.7 Å². The average Bonchev–Trinajstić information content (AvgIpc) is 3.84. The molecule has 394 valence electrons. The maximum Gasteiger partial charge on any atom is 0.255 e. The van der Waals surface area contributed by atoms with Crippen LogP contribution in [0, 0.1) is 0 Å². The Morgan fingerprint density at radius 1 is 0.519 bits per heavy atom. The van der Waals surface area contributed by atoms with Gasteiger partial charge in [-0.1, -0.05) is 91.0 Å². The van der Waals surface area contributed by atoms with E-state index in [0.717, 1.165) is 71.8 Å². The molecule has 77 heavy (non-hydrogen) atoms. The lowest BCUT2D eigenvalue weighted by molar-refractivity contribution is -0.130. The van der Waals surface area contributed by atoms with Gasteiger partial charge in [-0.2, -0.15) is 0 Å². The molecular formula is C63H61N3O11. The van der Waals surface area contributed by atoms with Crippen molar-refractivity contribution in [1.29, 1.82) is 0 Å². The second-order valence-electron chi connectivity index (χ2n) is 20.2. The molecule has 2 fully saturated rings. The van der Waals surface area contributed by atoms with Gasteiger partial charge in [-0.05, 0) is 103 Å². The predicted octanol–water partition coefficient (Wildman–Crippen LogP) is 9.83. The standard InChI is InChI=1S/C31H30N2O5.C23H21NO5.C9H10O/c34-23-5-3-8-26(28(35)17-23)33-19-25-24(31(33)36)6-4-10-29(25)38-20-22-13-11-21(12-14-22)18-32-15-16-37-30-9-2-1-7-27(30)32;25-13-15-7-9-16(10-8-15)14-29-22-6-2-4-18-19(22)12-24(23(18)28)20-5-1-3-17(26)11-21(20)27;1-2-6-9-8(4-1)5-3-7-10-9/h1-2,4,6-7,9-14,26H,3,5,8,15-20H2;2,4,6-10,13,20H,1,3,5,11-12,14H2;1-2,4,6H,3,5,7H2/t26-;20-;/m00./s1. The van der Waals surface area contributed by atoms with Gasteiger partial charge in [0.05, 0.1) is 56.9 Å². The molecule has 2 amide bonds. The number of hydrogen-bond donors (Lipinski definition) is 0. The van der Waals surface area contributed by atoms with Gasteiger partial charge in [0.25, 0.3) is 11.8 Å². The van der Waals surface area contributed by atoms with Crippen LogP contribution in [0.2, 0.25) is 0 Å². The van der Waals surface area contributed by atoms with E-state index in [2.05, 4.69) is 47.4 Å². The molecule has 4 aliphatic heterocycles. The molecule has 4 heterocycles. The second kappa shape index (κ2) is 24.1. The van der Waals surface area contributed by atoms with Crippen molar-refractivity contribution < 1.29 is 52.5 Å². The quantitative estimate of drug-likeness (QED) is 0.0686. The van der Waals surface area contributed by atoms with Crippen LogP contribution < -0.4 is 23.8 Å². The highest BCUT2D eigenvalue weighted by Gasteiger charge is 2.40. The normalized spacial score (nSPS) is 18.6. The molecular weight excluding hydrogens is 975 g/mol. The van der Waals surface area contributed by atoms with Crippen molar-refractivity contribution in [2.45, 2.75) is 109 Å². The van der Waals surface area contributed by atoms with Gasteiger partial charge < -0.3 is 33.6 Å². The first kappa shape index (κ1) is 52.1. The van der Waals surface area contributed by atoms with Crippen molar-refractivity contribution in [3.8, 4) is 23.0 Å².